The van der Waals surface area contributed by atoms with Crippen molar-refractivity contribution in [2.75, 3.05) is 13.7 Å². The molecule has 2 aromatic rings. The summed E-state index contributed by atoms with van der Waals surface area (Å²) in [5.41, 5.74) is 2.15. The minimum absolute atomic E-state index is 0.194. The molecule has 2 N–H and O–H groups in total. The molecule has 2 rings (SSSR count). The molecule has 1 heterocycles. The van der Waals surface area contributed by atoms with E-state index in [4.69, 9.17) is 4.74 Å². The van der Waals surface area contributed by atoms with Gasteiger partial charge in [0.15, 0.2) is 0 Å². The van der Waals surface area contributed by atoms with E-state index < -0.39 is 6.10 Å². The number of hydrogen-bond donors (Lipinski definition) is 2. The summed E-state index contributed by atoms with van der Waals surface area (Å²) < 4.78 is 5.14. The highest BCUT2D eigenvalue weighted by Gasteiger charge is 2.10. The summed E-state index contributed by atoms with van der Waals surface area (Å²) in [6.45, 7) is 2.63. The quantitative estimate of drug-likeness (QED) is 0.852. The fourth-order valence-corrected chi connectivity index (χ4v) is 2.59. The van der Waals surface area contributed by atoms with Gasteiger partial charge in [-0.1, -0.05) is 12.1 Å². The number of methoxy groups -OCH3 is 1. The average molecular weight is 277 g/mol. The number of thiophene rings is 1. The zero-order valence-electron chi connectivity index (χ0n) is 11.2. The maximum Gasteiger partial charge on any atom is 0.118 e. The van der Waals surface area contributed by atoms with Gasteiger partial charge < -0.3 is 15.2 Å². The average Bonchev–Trinajstić information content (AvgIpc) is 2.98. The number of hydrogen-bond acceptors (Lipinski definition) is 4. The van der Waals surface area contributed by atoms with Crippen molar-refractivity contribution >= 4 is 11.3 Å². The molecule has 0 bridgehead atoms. The molecule has 4 heteroatoms. The second kappa shape index (κ2) is 6.70. The molecule has 0 amide bonds. The zero-order chi connectivity index (χ0) is 13.7. The Balaban J connectivity index is 1.88. The number of nitrogens with one attached hydrogen (secondary N) is 1. The van der Waals surface area contributed by atoms with E-state index in [0.29, 0.717) is 6.54 Å². The van der Waals surface area contributed by atoms with E-state index in [-0.39, 0.29) is 6.04 Å². The van der Waals surface area contributed by atoms with Crippen LogP contribution in [0.5, 0.6) is 5.75 Å². The summed E-state index contributed by atoms with van der Waals surface area (Å²) in [6, 6.07) is 10.1. The normalized spacial score (nSPS) is 14.1. The molecule has 102 valence electrons. The van der Waals surface area contributed by atoms with Crippen LogP contribution in [-0.2, 0) is 0 Å². The Hall–Kier alpha value is -1.36. The Morgan fingerprint density at radius 3 is 2.53 bits per heavy atom. The Kier molecular flexibility index (Phi) is 4.96. The summed E-state index contributed by atoms with van der Waals surface area (Å²) in [4.78, 5) is 0. The van der Waals surface area contributed by atoms with Crippen LogP contribution in [0.25, 0.3) is 0 Å². The molecule has 2 atom stereocenters. The standard InChI is InChI=1S/C15H19NO2S/c1-11(12-3-5-14(18-2)6-4-12)16-9-15(17)13-7-8-19-10-13/h3-8,10-11,15-17H,9H2,1-2H3. The maximum absolute atomic E-state index is 10.0. The molecule has 1 aromatic carbocycles. The van der Waals surface area contributed by atoms with Crippen LogP contribution >= 0.6 is 11.3 Å². The summed E-state index contributed by atoms with van der Waals surface area (Å²) in [7, 11) is 1.66. The third kappa shape index (κ3) is 3.80. The minimum Gasteiger partial charge on any atom is -0.497 e. The molecule has 3 nitrogen and oxygen atoms in total. The molecule has 0 saturated carbocycles. The van der Waals surface area contributed by atoms with E-state index in [1.807, 2.05) is 41.1 Å². The lowest BCUT2D eigenvalue weighted by molar-refractivity contribution is 0.171. The van der Waals surface area contributed by atoms with Gasteiger partial charge >= 0.3 is 0 Å². The van der Waals surface area contributed by atoms with Gasteiger partial charge in [-0.2, -0.15) is 11.3 Å². The number of aliphatic hydroxyl groups excluding tert-OH is 1. The van der Waals surface area contributed by atoms with Gasteiger partial charge in [-0.05, 0) is 47.0 Å². The molecule has 1 aromatic heterocycles. The smallest absolute Gasteiger partial charge is 0.118 e. The monoisotopic (exact) mass is 277 g/mol. The van der Waals surface area contributed by atoms with Crippen molar-refractivity contribution < 1.29 is 9.84 Å². The van der Waals surface area contributed by atoms with E-state index >= 15 is 0 Å². The Morgan fingerprint density at radius 1 is 1.21 bits per heavy atom. The van der Waals surface area contributed by atoms with Crippen LogP contribution in [0.2, 0.25) is 0 Å². The fraction of sp³-hybridized carbons (Fsp3) is 0.333. The van der Waals surface area contributed by atoms with Gasteiger partial charge in [0.25, 0.3) is 0 Å². The van der Waals surface area contributed by atoms with Gasteiger partial charge in [-0.25, -0.2) is 0 Å². The van der Waals surface area contributed by atoms with Crippen LogP contribution in [0.15, 0.2) is 41.1 Å². The highest BCUT2D eigenvalue weighted by molar-refractivity contribution is 7.07. The van der Waals surface area contributed by atoms with Gasteiger partial charge in [0.2, 0.25) is 0 Å². The number of rotatable bonds is 6. The van der Waals surface area contributed by atoms with Crippen LogP contribution in [-0.4, -0.2) is 18.8 Å². The Bertz CT molecular complexity index is 481. The largest absolute Gasteiger partial charge is 0.497 e. The van der Waals surface area contributed by atoms with Gasteiger partial charge in [-0.15, -0.1) is 0 Å². The lowest BCUT2D eigenvalue weighted by Crippen LogP contribution is -2.24. The maximum atomic E-state index is 10.0. The summed E-state index contributed by atoms with van der Waals surface area (Å²) in [6.07, 6.45) is -0.452. The van der Waals surface area contributed by atoms with E-state index in [9.17, 15) is 5.11 Å². The first-order valence-electron chi connectivity index (χ1n) is 6.28. The predicted molar refractivity (Wildman–Crippen MR) is 78.7 cm³/mol. The molecule has 0 aliphatic carbocycles. The fourth-order valence-electron chi connectivity index (χ4n) is 1.88. The Labute approximate surface area is 117 Å². The van der Waals surface area contributed by atoms with Crippen LogP contribution in [0.4, 0.5) is 0 Å². The van der Waals surface area contributed by atoms with Crippen LogP contribution < -0.4 is 10.1 Å². The van der Waals surface area contributed by atoms with Gasteiger partial charge in [-0.3, -0.25) is 0 Å². The SMILES string of the molecule is COc1ccc(C(C)NCC(O)c2ccsc2)cc1. The topological polar surface area (TPSA) is 41.5 Å². The third-order valence-corrected chi connectivity index (χ3v) is 3.86. The van der Waals surface area contributed by atoms with Crippen molar-refractivity contribution in [3.8, 4) is 5.75 Å². The first-order valence-corrected chi connectivity index (χ1v) is 7.22. The van der Waals surface area contributed by atoms with E-state index in [0.717, 1.165) is 11.3 Å². The van der Waals surface area contributed by atoms with Crippen molar-refractivity contribution in [1.29, 1.82) is 0 Å². The van der Waals surface area contributed by atoms with Crippen LogP contribution in [0.3, 0.4) is 0 Å². The number of benzene rings is 1. The van der Waals surface area contributed by atoms with Crippen molar-refractivity contribution in [2.24, 2.45) is 0 Å². The van der Waals surface area contributed by atoms with Gasteiger partial charge in [0.05, 0.1) is 13.2 Å². The van der Waals surface area contributed by atoms with E-state index in [1.165, 1.54) is 5.56 Å². The summed E-state index contributed by atoms with van der Waals surface area (Å²) in [5, 5.41) is 17.3. The zero-order valence-corrected chi connectivity index (χ0v) is 12.0. The van der Waals surface area contributed by atoms with E-state index in [1.54, 1.807) is 18.4 Å². The van der Waals surface area contributed by atoms with Crippen molar-refractivity contribution in [3.63, 3.8) is 0 Å². The van der Waals surface area contributed by atoms with Crippen molar-refractivity contribution in [3.05, 3.63) is 52.2 Å². The first kappa shape index (κ1) is 14.1. The Morgan fingerprint density at radius 2 is 1.95 bits per heavy atom. The minimum atomic E-state index is -0.452. The lowest BCUT2D eigenvalue weighted by Gasteiger charge is -2.17. The molecular formula is C15H19NO2S. The van der Waals surface area contributed by atoms with Crippen molar-refractivity contribution in [1.82, 2.24) is 5.32 Å². The molecule has 0 spiro atoms. The molecule has 0 fully saturated rings. The molecular weight excluding hydrogens is 258 g/mol. The van der Waals surface area contributed by atoms with Crippen molar-refractivity contribution in [2.45, 2.75) is 19.1 Å². The molecule has 0 aliphatic rings. The summed E-state index contributed by atoms with van der Waals surface area (Å²) in [5.74, 6) is 0.856. The van der Waals surface area contributed by atoms with Crippen LogP contribution in [0.1, 0.15) is 30.2 Å². The first-order chi connectivity index (χ1) is 9.20. The number of aliphatic hydroxyl groups is 1. The van der Waals surface area contributed by atoms with Gasteiger partial charge in [0.1, 0.15) is 5.75 Å². The highest BCUT2D eigenvalue weighted by Crippen LogP contribution is 2.19. The second-order valence-electron chi connectivity index (χ2n) is 4.48. The summed E-state index contributed by atoms with van der Waals surface area (Å²) >= 11 is 1.60. The molecule has 0 radical (unpaired) electrons. The number of ether oxygens (including phenoxy) is 1. The second-order valence-corrected chi connectivity index (χ2v) is 5.26. The molecule has 0 saturated heterocycles. The van der Waals surface area contributed by atoms with Gasteiger partial charge in [0, 0.05) is 12.6 Å². The molecule has 19 heavy (non-hydrogen) atoms. The third-order valence-electron chi connectivity index (χ3n) is 3.16. The molecule has 2 unspecified atom stereocenters. The molecule has 0 aliphatic heterocycles. The van der Waals surface area contributed by atoms with E-state index in [2.05, 4.69) is 12.2 Å². The predicted octanol–water partition coefficient (Wildman–Crippen LogP) is 3.14. The van der Waals surface area contributed by atoms with Crippen LogP contribution in [0, 0.1) is 0 Å². The highest BCUT2D eigenvalue weighted by atomic mass is 32.1. The lowest BCUT2D eigenvalue weighted by atomic mass is 10.1.